The van der Waals surface area contributed by atoms with E-state index in [4.69, 9.17) is 16.3 Å². The highest BCUT2D eigenvalue weighted by Crippen LogP contribution is 2.27. The van der Waals surface area contributed by atoms with Crippen LogP contribution < -0.4 is 15.6 Å². The van der Waals surface area contributed by atoms with Crippen LogP contribution in [-0.4, -0.2) is 33.6 Å². The Morgan fingerprint density at radius 2 is 2.15 bits per heavy atom. The molecule has 10 heteroatoms. The lowest BCUT2D eigenvalue weighted by atomic mass is 10.2. The molecular formula is C17H14ClN3O5S. The van der Waals surface area contributed by atoms with E-state index in [9.17, 15) is 19.5 Å². The first-order chi connectivity index (χ1) is 12.8. The van der Waals surface area contributed by atoms with Gasteiger partial charge in [0.2, 0.25) is 5.91 Å². The number of rotatable bonds is 5. The van der Waals surface area contributed by atoms with Gasteiger partial charge in [-0.25, -0.2) is 9.78 Å². The summed E-state index contributed by atoms with van der Waals surface area (Å²) in [5.41, 5.74) is -0.255. The summed E-state index contributed by atoms with van der Waals surface area (Å²) >= 11 is 7.10. The molecule has 1 amide bonds. The number of carbonyl (C=O) groups excluding carboxylic acids is 1. The zero-order chi connectivity index (χ0) is 19.7. The number of ether oxygens (including phenoxy) is 1. The molecule has 0 bridgehead atoms. The van der Waals surface area contributed by atoms with Crippen LogP contribution in [0.1, 0.15) is 16.2 Å². The molecule has 0 saturated carbocycles. The van der Waals surface area contributed by atoms with E-state index in [2.05, 4.69) is 10.3 Å². The predicted molar refractivity (Wildman–Crippen MR) is 102 cm³/mol. The van der Waals surface area contributed by atoms with Gasteiger partial charge >= 0.3 is 5.97 Å². The molecule has 0 spiro atoms. The minimum absolute atomic E-state index is 0.00149. The second kappa shape index (κ2) is 7.37. The van der Waals surface area contributed by atoms with Gasteiger partial charge in [-0.2, -0.15) is 0 Å². The number of benzene rings is 1. The third kappa shape index (κ3) is 3.64. The fourth-order valence-corrected chi connectivity index (χ4v) is 3.76. The maximum absolute atomic E-state index is 12.7. The molecule has 0 aliphatic carbocycles. The molecule has 8 nitrogen and oxygen atoms in total. The van der Waals surface area contributed by atoms with Crippen LogP contribution in [-0.2, 0) is 11.3 Å². The van der Waals surface area contributed by atoms with Gasteiger partial charge in [0, 0.05) is 11.1 Å². The van der Waals surface area contributed by atoms with Crippen molar-refractivity contribution in [2.24, 2.45) is 0 Å². The predicted octanol–water partition coefficient (Wildman–Crippen LogP) is 2.77. The number of carbonyl (C=O) groups is 2. The number of fused-ring (bicyclic) bond motifs is 1. The van der Waals surface area contributed by atoms with E-state index in [0.29, 0.717) is 27.1 Å². The molecule has 2 N–H and O–H groups in total. The Morgan fingerprint density at radius 3 is 2.78 bits per heavy atom. The zero-order valence-corrected chi connectivity index (χ0v) is 15.8. The van der Waals surface area contributed by atoms with Gasteiger partial charge in [0.1, 0.15) is 22.9 Å². The summed E-state index contributed by atoms with van der Waals surface area (Å²) in [4.78, 5) is 40.9. The third-order valence-corrected chi connectivity index (χ3v) is 5.02. The monoisotopic (exact) mass is 407 g/mol. The van der Waals surface area contributed by atoms with Crippen LogP contribution in [0.5, 0.6) is 5.75 Å². The minimum Gasteiger partial charge on any atom is -0.495 e. The van der Waals surface area contributed by atoms with E-state index < -0.39 is 17.4 Å². The van der Waals surface area contributed by atoms with Crippen molar-refractivity contribution >= 4 is 50.7 Å². The Bertz CT molecular complexity index is 1120. The number of carboxylic acids is 1. The lowest BCUT2D eigenvalue weighted by molar-refractivity contribution is -0.116. The summed E-state index contributed by atoms with van der Waals surface area (Å²) in [7, 11) is 1.48. The summed E-state index contributed by atoms with van der Waals surface area (Å²) in [6.07, 6.45) is 0. The summed E-state index contributed by atoms with van der Waals surface area (Å²) in [6, 6.07) is 4.74. The van der Waals surface area contributed by atoms with Crippen molar-refractivity contribution in [1.82, 2.24) is 9.55 Å². The molecule has 0 unspecified atom stereocenters. The first kappa shape index (κ1) is 18.9. The number of aromatic carboxylic acids is 1. The summed E-state index contributed by atoms with van der Waals surface area (Å²) in [5.74, 6) is -0.910. The number of halogens is 1. The Hall–Kier alpha value is -2.91. The molecule has 2 heterocycles. The molecule has 27 heavy (non-hydrogen) atoms. The maximum Gasteiger partial charge on any atom is 0.337 e. The second-order valence-corrected chi connectivity index (χ2v) is 6.85. The van der Waals surface area contributed by atoms with Crippen molar-refractivity contribution in [1.29, 1.82) is 0 Å². The van der Waals surface area contributed by atoms with Crippen molar-refractivity contribution in [3.8, 4) is 5.75 Å². The van der Waals surface area contributed by atoms with Gasteiger partial charge in [-0.3, -0.25) is 14.2 Å². The van der Waals surface area contributed by atoms with Crippen LogP contribution in [0.25, 0.3) is 10.2 Å². The number of nitrogens with zero attached hydrogens (tertiary/aromatic N) is 2. The van der Waals surface area contributed by atoms with Gasteiger partial charge in [0.05, 0.1) is 23.1 Å². The Balaban J connectivity index is 1.91. The fraction of sp³-hybridized carbons (Fsp3) is 0.176. The zero-order valence-electron chi connectivity index (χ0n) is 14.3. The van der Waals surface area contributed by atoms with Gasteiger partial charge in [-0.1, -0.05) is 11.6 Å². The van der Waals surface area contributed by atoms with E-state index in [1.54, 1.807) is 19.1 Å². The molecule has 0 fully saturated rings. The van der Waals surface area contributed by atoms with Gasteiger partial charge in [-0.15, -0.1) is 11.3 Å². The quantitative estimate of drug-likeness (QED) is 0.672. The van der Waals surface area contributed by atoms with E-state index >= 15 is 0 Å². The van der Waals surface area contributed by atoms with Gasteiger partial charge in [0.15, 0.2) is 0 Å². The number of hydrogen-bond donors (Lipinski definition) is 2. The molecule has 140 valence electrons. The summed E-state index contributed by atoms with van der Waals surface area (Å²) in [6.45, 7) is 1.27. The van der Waals surface area contributed by atoms with E-state index in [-0.39, 0.29) is 17.5 Å². The topological polar surface area (TPSA) is 111 Å². The third-order valence-electron chi connectivity index (χ3n) is 3.85. The lowest BCUT2D eigenvalue weighted by Crippen LogP contribution is -2.30. The number of amides is 1. The molecular weight excluding hydrogens is 394 g/mol. The lowest BCUT2D eigenvalue weighted by Gasteiger charge is -2.11. The summed E-state index contributed by atoms with van der Waals surface area (Å²) in [5, 5.41) is 13.6. The van der Waals surface area contributed by atoms with Gasteiger partial charge in [0.25, 0.3) is 5.56 Å². The van der Waals surface area contributed by atoms with Crippen LogP contribution in [0.3, 0.4) is 0 Å². The molecule has 3 rings (SSSR count). The molecule has 0 atom stereocenters. The number of nitrogens with one attached hydrogen (secondary N) is 1. The normalized spacial score (nSPS) is 10.8. The first-order valence-corrected chi connectivity index (χ1v) is 8.93. The Kier molecular flexibility index (Phi) is 5.15. The average molecular weight is 408 g/mol. The number of anilines is 1. The van der Waals surface area contributed by atoms with Crippen molar-refractivity contribution in [3.05, 3.63) is 50.3 Å². The van der Waals surface area contributed by atoms with Crippen molar-refractivity contribution in [2.45, 2.75) is 13.5 Å². The number of hydrogen-bond acceptors (Lipinski definition) is 6. The molecule has 0 saturated heterocycles. The van der Waals surface area contributed by atoms with Gasteiger partial charge in [-0.05, 0) is 25.1 Å². The molecule has 1 aromatic carbocycles. The van der Waals surface area contributed by atoms with Crippen LogP contribution in [0.2, 0.25) is 5.02 Å². The standard InChI is InChI=1S/C17H14ClN3O5S/c1-8-19-15-14(10(7-27-15)17(24)25)16(23)21(8)6-13(22)20-9-3-4-12(26-2)11(18)5-9/h3-5,7H,6H2,1-2H3,(H,20,22)(H,24,25). The Morgan fingerprint density at radius 1 is 1.41 bits per heavy atom. The van der Waals surface area contributed by atoms with Crippen molar-refractivity contribution < 1.29 is 19.4 Å². The average Bonchev–Trinajstić information content (AvgIpc) is 3.03. The number of aromatic nitrogens is 2. The number of aryl methyl sites for hydroxylation is 1. The highest BCUT2D eigenvalue weighted by atomic mass is 35.5. The number of carboxylic acid groups (broad SMARTS) is 1. The largest absolute Gasteiger partial charge is 0.495 e. The van der Waals surface area contributed by atoms with Crippen molar-refractivity contribution in [3.63, 3.8) is 0 Å². The van der Waals surface area contributed by atoms with Crippen LogP contribution in [0.4, 0.5) is 5.69 Å². The smallest absolute Gasteiger partial charge is 0.337 e. The molecule has 0 aliphatic rings. The number of thiophene rings is 1. The highest BCUT2D eigenvalue weighted by Gasteiger charge is 2.19. The van der Waals surface area contributed by atoms with E-state index in [0.717, 1.165) is 15.9 Å². The highest BCUT2D eigenvalue weighted by molar-refractivity contribution is 7.17. The van der Waals surface area contributed by atoms with Gasteiger partial charge < -0.3 is 15.2 Å². The molecule has 2 aromatic heterocycles. The second-order valence-electron chi connectivity index (χ2n) is 5.58. The van der Waals surface area contributed by atoms with E-state index in [1.807, 2.05) is 0 Å². The van der Waals surface area contributed by atoms with Crippen LogP contribution in [0.15, 0.2) is 28.4 Å². The van der Waals surface area contributed by atoms with Crippen LogP contribution >= 0.6 is 22.9 Å². The van der Waals surface area contributed by atoms with Crippen molar-refractivity contribution in [2.75, 3.05) is 12.4 Å². The SMILES string of the molecule is COc1ccc(NC(=O)Cn2c(C)nc3scc(C(=O)O)c3c2=O)cc1Cl. The first-order valence-electron chi connectivity index (χ1n) is 7.67. The van der Waals surface area contributed by atoms with E-state index in [1.165, 1.54) is 18.6 Å². The maximum atomic E-state index is 12.7. The summed E-state index contributed by atoms with van der Waals surface area (Å²) < 4.78 is 6.19. The fourth-order valence-electron chi connectivity index (χ4n) is 2.56. The molecule has 0 radical (unpaired) electrons. The van der Waals surface area contributed by atoms with Crippen LogP contribution in [0, 0.1) is 6.92 Å². The Labute approximate surface area is 162 Å². The number of methoxy groups -OCH3 is 1. The minimum atomic E-state index is -1.21. The molecule has 3 aromatic rings. The molecule has 0 aliphatic heterocycles.